The molecule has 1 aliphatic rings. The van der Waals surface area contributed by atoms with Crippen molar-refractivity contribution in [3.8, 4) is 5.75 Å². The van der Waals surface area contributed by atoms with Crippen LogP contribution in [-0.2, 0) is 10.0 Å². The summed E-state index contributed by atoms with van der Waals surface area (Å²) in [6.45, 7) is 4.64. The van der Waals surface area contributed by atoms with E-state index in [1.807, 2.05) is 0 Å². The van der Waals surface area contributed by atoms with Gasteiger partial charge in [0, 0.05) is 6.54 Å². The van der Waals surface area contributed by atoms with Gasteiger partial charge < -0.3 is 4.74 Å². The van der Waals surface area contributed by atoms with Crippen LogP contribution in [0.1, 0.15) is 20.3 Å². The molecule has 0 aliphatic heterocycles. The molecule has 0 bridgehead atoms. The highest BCUT2D eigenvalue weighted by Crippen LogP contribution is 2.51. The number of rotatable bonds is 7. The standard InChI is InChI=1S/C14H20FNO3S/c1-14(2)9-11(14)10-16-20(17,18)8-7-19-13-6-4-3-5-12(13)15/h3-6,11,16H,7-10H2,1-2H3/t11-/m1/s1. The van der Waals surface area contributed by atoms with E-state index in [0.29, 0.717) is 12.5 Å². The van der Waals surface area contributed by atoms with Gasteiger partial charge in [-0.3, -0.25) is 0 Å². The number of halogens is 1. The molecule has 1 saturated carbocycles. The summed E-state index contributed by atoms with van der Waals surface area (Å²) >= 11 is 0. The maximum absolute atomic E-state index is 13.3. The van der Waals surface area contributed by atoms with E-state index in [9.17, 15) is 12.8 Å². The van der Waals surface area contributed by atoms with Gasteiger partial charge in [-0.05, 0) is 29.9 Å². The molecule has 0 amide bonds. The van der Waals surface area contributed by atoms with Crippen molar-refractivity contribution >= 4 is 10.0 Å². The summed E-state index contributed by atoms with van der Waals surface area (Å²) in [4.78, 5) is 0. The summed E-state index contributed by atoms with van der Waals surface area (Å²) in [5, 5.41) is 0. The molecule has 0 radical (unpaired) electrons. The number of hydrogen-bond donors (Lipinski definition) is 1. The first-order valence-corrected chi connectivity index (χ1v) is 8.30. The Hall–Kier alpha value is -1.14. The molecule has 0 spiro atoms. The molecule has 1 fully saturated rings. The highest BCUT2D eigenvalue weighted by atomic mass is 32.2. The molecule has 6 heteroatoms. The van der Waals surface area contributed by atoms with Gasteiger partial charge in [0.2, 0.25) is 10.0 Å². The Morgan fingerprint density at radius 2 is 2.05 bits per heavy atom. The predicted octanol–water partition coefficient (Wildman–Crippen LogP) is 2.17. The van der Waals surface area contributed by atoms with Crippen LogP contribution in [0.15, 0.2) is 24.3 Å². The van der Waals surface area contributed by atoms with E-state index < -0.39 is 15.8 Å². The fourth-order valence-electron chi connectivity index (χ4n) is 2.05. The Bertz CT molecular complexity index is 572. The molecule has 4 nitrogen and oxygen atoms in total. The Kier molecular flexibility index (Phi) is 4.34. The average molecular weight is 301 g/mol. The largest absolute Gasteiger partial charge is 0.489 e. The van der Waals surface area contributed by atoms with Gasteiger partial charge >= 0.3 is 0 Å². The summed E-state index contributed by atoms with van der Waals surface area (Å²) in [5.74, 6) is -0.178. The van der Waals surface area contributed by atoms with Crippen LogP contribution in [0.25, 0.3) is 0 Å². The van der Waals surface area contributed by atoms with Crippen molar-refractivity contribution in [3.63, 3.8) is 0 Å². The Morgan fingerprint density at radius 1 is 1.40 bits per heavy atom. The predicted molar refractivity (Wildman–Crippen MR) is 75.6 cm³/mol. The zero-order chi connectivity index (χ0) is 14.8. The van der Waals surface area contributed by atoms with Crippen LogP contribution in [0.5, 0.6) is 5.75 Å². The smallest absolute Gasteiger partial charge is 0.214 e. The van der Waals surface area contributed by atoms with Gasteiger partial charge in [-0.2, -0.15) is 0 Å². The normalized spacial score (nSPS) is 20.6. The summed E-state index contributed by atoms with van der Waals surface area (Å²) in [7, 11) is -3.37. The molecule has 1 aromatic rings. The first-order chi connectivity index (χ1) is 9.30. The number of benzene rings is 1. The minimum absolute atomic E-state index is 0.0652. The lowest BCUT2D eigenvalue weighted by Gasteiger charge is -2.09. The summed E-state index contributed by atoms with van der Waals surface area (Å²) < 4.78 is 44.5. The molecule has 1 N–H and O–H groups in total. The topological polar surface area (TPSA) is 55.4 Å². The van der Waals surface area contributed by atoms with E-state index in [0.717, 1.165) is 6.42 Å². The van der Waals surface area contributed by atoms with Gasteiger partial charge in [-0.25, -0.2) is 17.5 Å². The van der Waals surface area contributed by atoms with Crippen molar-refractivity contribution < 1.29 is 17.5 Å². The number of ether oxygens (including phenoxy) is 1. The Balaban J connectivity index is 1.74. The molecule has 0 unspecified atom stereocenters. The second-order valence-corrected chi connectivity index (χ2v) is 7.76. The number of nitrogens with one attached hydrogen (secondary N) is 1. The lowest BCUT2D eigenvalue weighted by Crippen LogP contribution is -2.31. The van der Waals surface area contributed by atoms with Crippen molar-refractivity contribution in [2.75, 3.05) is 18.9 Å². The third kappa shape index (κ3) is 4.18. The highest BCUT2D eigenvalue weighted by Gasteiger charge is 2.45. The minimum atomic E-state index is -3.37. The van der Waals surface area contributed by atoms with E-state index in [4.69, 9.17) is 4.74 Å². The molecule has 1 aliphatic carbocycles. The van der Waals surface area contributed by atoms with Gasteiger partial charge in [0.05, 0.1) is 5.75 Å². The number of hydrogen-bond acceptors (Lipinski definition) is 3. The van der Waals surface area contributed by atoms with Crippen LogP contribution in [0.4, 0.5) is 4.39 Å². The Labute approximate surface area is 119 Å². The summed E-state index contributed by atoms with van der Waals surface area (Å²) in [6, 6.07) is 5.94. The number of sulfonamides is 1. The van der Waals surface area contributed by atoms with Gasteiger partial charge in [0.15, 0.2) is 11.6 Å². The maximum Gasteiger partial charge on any atom is 0.214 e. The van der Waals surface area contributed by atoms with Gasteiger partial charge in [0.1, 0.15) is 6.61 Å². The molecule has 0 heterocycles. The Morgan fingerprint density at radius 3 is 2.65 bits per heavy atom. The second-order valence-electron chi connectivity index (χ2n) is 5.84. The minimum Gasteiger partial charge on any atom is -0.489 e. The van der Waals surface area contributed by atoms with Crippen LogP contribution < -0.4 is 9.46 Å². The molecular formula is C14H20FNO3S. The van der Waals surface area contributed by atoms with Crippen molar-refractivity contribution in [2.45, 2.75) is 20.3 Å². The molecule has 1 atom stereocenters. The lowest BCUT2D eigenvalue weighted by molar-refractivity contribution is 0.322. The van der Waals surface area contributed by atoms with Crippen LogP contribution in [0.2, 0.25) is 0 Å². The van der Waals surface area contributed by atoms with Gasteiger partial charge in [-0.1, -0.05) is 26.0 Å². The van der Waals surface area contributed by atoms with E-state index in [2.05, 4.69) is 18.6 Å². The molecule has 112 valence electrons. The van der Waals surface area contributed by atoms with E-state index in [-0.39, 0.29) is 23.5 Å². The molecule has 2 rings (SSSR count). The van der Waals surface area contributed by atoms with Gasteiger partial charge in [0.25, 0.3) is 0 Å². The van der Waals surface area contributed by atoms with Crippen LogP contribution >= 0.6 is 0 Å². The van der Waals surface area contributed by atoms with E-state index in [1.165, 1.54) is 12.1 Å². The summed E-state index contributed by atoms with van der Waals surface area (Å²) in [6.07, 6.45) is 1.04. The molecular weight excluding hydrogens is 281 g/mol. The summed E-state index contributed by atoms with van der Waals surface area (Å²) in [5.41, 5.74) is 0.242. The number of para-hydroxylation sites is 1. The highest BCUT2D eigenvalue weighted by molar-refractivity contribution is 7.89. The fraction of sp³-hybridized carbons (Fsp3) is 0.571. The van der Waals surface area contributed by atoms with E-state index in [1.54, 1.807) is 12.1 Å². The van der Waals surface area contributed by atoms with Gasteiger partial charge in [-0.15, -0.1) is 0 Å². The van der Waals surface area contributed by atoms with Crippen molar-refractivity contribution in [3.05, 3.63) is 30.1 Å². The van der Waals surface area contributed by atoms with Crippen molar-refractivity contribution in [1.29, 1.82) is 0 Å². The monoisotopic (exact) mass is 301 g/mol. The molecule has 1 aromatic carbocycles. The third-order valence-electron chi connectivity index (χ3n) is 3.71. The zero-order valence-electron chi connectivity index (χ0n) is 11.7. The SMILES string of the molecule is CC1(C)C[C@@H]1CNS(=O)(=O)CCOc1ccccc1F. The second kappa shape index (κ2) is 5.69. The first-order valence-electron chi connectivity index (χ1n) is 6.65. The van der Waals surface area contributed by atoms with Crippen molar-refractivity contribution in [1.82, 2.24) is 4.72 Å². The first kappa shape index (κ1) is 15.3. The van der Waals surface area contributed by atoms with Crippen molar-refractivity contribution in [2.24, 2.45) is 11.3 Å². The fourth-order valence-corrected chi connectivity index (χ4v) is 2.95. The average Bonchev–Trinajstić information content (AvgIpc) is 2.97. The van der Waals surface area contributed by atoms with Crippen LogP contribution in [0, 0.1) is 17.2 Å². The van der Waals surface area contributed by atoms with E-state index >= 15 is 0 Å². The maximum atomic E-state index is 13.3. The molecule has 20 heavy (non-hydrogen) atoms. The lowest BCUT2D eigenvalue weighted by atomic mass is 10.1. The quantitative estimate of drug-likeness (QED) is 0.840. The zero-order valence-corrected chi connectivity index (χ0v) is 12.5. The van der Waals surface area contributed by atoms with Crippen LogP contribution in [0.3, 0.4) is 0 Å². The third-order valence-corrected chi connectivity index (χ3v) is 5.02. The van der Waals surface area contributed by atoms with Crippen LogP contribution in [-0.4, -0.2) is 27.3 Å². The molecule has 0 aromatic heterocycles. The molecule has 0 saturated heterocycles.